The summed E-state index contributed by atoms with van der Waals surface area (Å²) in [6.45, 7) is 7.51. The van der Waals surface area contributed by atoms with Crippen LogP contribution in [0, 0.1) is 12.8 Å². The van der Waals surface area contributed by atoms with Crippen LogP contribution in [0.4, 0.5) is 10.5 Å². The second-order valence-corrected chi connectivity index (χ2v) is 7.13. The number of rotatable bonds is 2. The van der Waals surface area contributed by atoms with Gasteiger partial charge in [0.25, 0.3) is 5.91 Å². The summed E-state index contributed by atoms with van der Waals surface area (Å²) in [7, 11) is 0. The van der Waals surface area contributed by atoms with Crippen LogP contribution < -0.4 is 5.32 Å². The van der Waals surface area contributed by atoms with Crippen molar-refractivity contribution in [2.45, 2.75) is 39.5 Å². The Hall–Kier alpha value is -2.04. The van der Waals surface area contributed by atoms with E-state index >= 15 is 0 Å². The zero-order valence-electron chi connectivity index (χ0n) is 14.7. The second kappa shape index (κ2) is 7.24. The number of amides is 3. The minimum Gasteiger partial charge on any atom is -0.339 e. The standard InChI is InChI=1S/C19H27N3O2/c1-14-7-11-21(12-8-14)18(23)16-5-6-17(15(2)13-16)20-19(24)22-9-3-4-10-22/h5-6,13-14H,3-4,7-12H2,1-2H3,(H,20,24). The Balaban J connectivity index is 1.65. The Bertz CT molecular complexity index is 615. The van der Waals surface area contributed by atoms with Crippen LogP contribution in [0.2, 0.25) is 0 Å². The molecule has 0 atom stereocenters. The molecule has 0 bridgehead atoms. The summed E-state index contributed by atoms with van der Waals surface area (Å²) in [4.78, 5) is 28.6. The minimum absolute atomic E-state index is 0.0419. The van der Waals surface area contributed by atoms with Crippen LogP contribution >= 0.6 is 0 Å². The van der Waals surface area contributed by atoms with Gasteiger partial charge in [0.1, 0.15) is 0 Å². The van der Waals surface area contributed by atoms with E-state index in [9.17, 15) is 9.59 Å². The third-order valence-corrected chi connectivity index (χ3v) is 5.18. The first-order chi connectivity index (χ1) is 11.5. The van der Waals surface area contributed by atoms with E-state index in [0.717, 1.165) is 63.1 Å². The van der Waals surface area contributed by atoms with Gasteiger partial charge in [-0.2, -0.15) is 0 Å². The van der Waals surface area contributed by atoms with Crippen molar-refractivity contribution in [1.82, 2.24) is 9.80 Å². The zero-order chi connectivity index (χ0) is 17.1. The van der Waals surface area contributed by atoms with Crippen LogP contribution in [-0.4, -0.2) is 47.9 Å². The molecule has 130 valence electrons. The van der Waals surface area contributed by atoms with Gasteiger partial charge in [-0.15, -0.1) is 0 Å². The molecule has 2 aliphatic rings. The van der Waals surface area contributed by atoms with Crippen LogP contribution in [0.1, 0.15) is 48.5 Å². The molecule has 2 heterocycles. The lowest BCUT2D eigenvalue weighted by Gasteiger charge is -2.30. The lowest BCUT2D eigenvalue weighted by Crippen LogP contribution is -2.38. The molecule has 3 rings (SSSR count). The first-order valence-electron chi connectivity index (χ1n) is 9.00. The number of piperidine rings is 1. The molecular weight excluding hydrogens is 302 g/mol. The summed E-state index contributed by atoms with van der Waals surface area (Å²) >= 11 is 0. The van der Waals surface area contributed by atoms with Gasteiger partial charge in [-0.25, -0.2) is 4.79 Å². The predicted molar refractivity (Wildman–Crippen MR) is 95.3 cm³/mol. The summed E-state index contributed by atoms with van der Waals surface area (Å²) in [5.41, 5.74) is 2.43. The number of anilines is 1. The van der Waals surface area contributed by atoms with E-state index in [2.05, 4.69) is 12.2 Å². The van der Waals surface area contributed by atoms with E-state index in [1.165, 1.54) is 0 Å². The van der Waals surface area contributed by atoms with E-state index in [1.54, 1.807) is 0 Å². The van der Waals surface area contributed by atoms with Crippen LogP contribution in [0.5, 0.6) is 0 Å². The molecule has 0 aliphatic carbocycles. The molecule has 1 aromatic rings. The van der Waals surface area contributed by atoms with Gasteiger partial charge >= 0.3 is 6.03 Å². The molecule has 5 heteroatoms. The predicted octanol–water partition coefficient (Wildman–Crippen LogP) is 3.49. The van der Waals surface area contributed by atoms with Crippen molar-refractivity contribution in [2.75, 3.05) is 31.5 Å². The largest absolute Gasteiger partial charge is 0.339 e. The Kier molecular flexibility index (Phi) is 5.07. The average molecular weight is 329 g/mol. The molecule has 5 nitrogen and oxygen atoms in total. The van der Waals surface area contributed by atoms with Gasteiger partial charge < -0.3 is 15.1 Å². The maximum Gasteiger partial charge on any atom is 0.321 e. The first-order valence-corrected chi connectivity index (χ1v) is 9.00. The number of likely N-dealkylation sites (tertiary alicyclic amines) is 2. The summed E-state index contributed by atoms with van der Waals surface area (Å²) in [6.07, 6.45) is 4.31. The SMILES string of the molecule is Cc1cc(C(=O)N2CCC(C)CC2)ccc1NC(=O)N1CCCC1. The van der Waals surface area contributed by atoms with Gasteiger partial charge in [-0.1, -0.05) is 6.92 Å². The highest BCUT2D eigenvalue weighted by Gasteiger charge is 2.22. The van der Waals surface area contributed by atoms with Crippen molar-refractivity contribution >= 4 is 17.6 Å². The summed E-state index contributed by atoms with van der Waals surface area (Å²) in [6, 6.07) is 5.52. The van der Waals surface area contributed by atoms with Crippen molar-refractivity contribution in [3.63, 3.8) is 0 Å². The summed E-state index contributed by atoms with van der Waals surface area (Å²) < 4.78 is 0. The number of aryl methyl sites for hydroxylation is 1. The summed E-state index contributed by atoms with van der Waals surface area (Å²) in [5, 5.41) is 2.97. The van der Waals surface area contributed by atoms with E-state index in [4.69, 9.17) is 0 Å². The van der Waals surface area contributed by atoms with Crippen LogP contribution in [0.25, 0.3) is 0 Å². The zero-order valence-corrected chi connectivity index (χ0v) is 14.7. The van der Waals surface area contributed by atoms with Gasteiger partial charge in [0.05, 0.1) is 0 Å². The van der Waals surface area contributed by atoms with E-state index < -0.39 is 0 Å². The number of hydrogen-bond acceptors (Lipinski definition) is 2. The lowest BCUT2D eigenvalue weighted by atomic mass is 9.98. The maximum atomic E-state index is 12.6. The second-order valence-electron chi connectivity index (χ2n) is 7.13. The first kappa shape index (κ1) is 16.8. The number of carbonyl (C=O) groups is 2. The molecule has 2 aliphatic heterocycles. The number of urea groups is 1. The fourth-order valence-electron chi connectivity index (χ4n) is 3.45. The molecular formula is C19H27N3O2. The Morgan fingerprint density at radius 2 is 1.71 bits per heavy atom. The quantitative estimate of drug-likeness (QED) is 0.903. The van der Waals surface area contributed by atoms with E-state index in [-0.39, 0.29) is 11.9 Å². The number of benzene rings is 1. The third kappa shape index (κ3) is 3.71. The minimum atomic E-state index is -0.0419. The van der Waals surface area contributed by atoms with Crippen molar-refractivity contribution in [3.05, 3.63) is 29.3 Å². The highest BCUT2D eigenvalue weighted by atomic mass is 16.2. The van der Waals surface area contributed by atoms with Gasteiger partial charge in [-0.05, 0) is 62.3 Å². The fourth-order valence-corrected chi connectivity index (χ4v) is 3.45. The van der Waals surface area contributed by atoms with Gasteiger partial charge in [0.15, 0.2) is 0 Å². The van der Waals surface area contributed by atoms with E-state index in [1.807, 2.05) is 34.9 Å². The van der Waals surface area contributed by atoms with Gasteiger partial charge in [0, 0.05) is 37.4 Å². The van der Waals surface area contributed by atoms with Crippen molar-refractivity contribution in [1.29, 1.82) is 0 Å². The Labute approximate surface area is 144 Å². The monoisotopic (exact) mass is 329 g/mol. The molecule has 1 aromatic carbocycles. The molecule has 2 fully saturated rings. The molecule has 0 radical (unpaired) electrons. The van der Waals surface area contributed by atoms with Gasteiger partial charge in [0.2, 0.25) is 0 Å². The highest BCUT2D eigenvalue weighted by Crippen LogP contribution is 2.22. The van der Waals surface area contributed by atoms with Crippen molar-refractivity contribution in [3.8, 4) is 0 Å². The number of hydrogen-bond donors (Lipinski definition) is 1. The summed E-state index contributed by atoms with van der Waals surface area (Å²) in [5.74, 6) is 0.807. The fraction of sp³-hybridized carbons (Fsp3) is 0.579. The number of nitrogens with one attached hydrogen (secondary N) is 1. The molecule has 2 saturated heterocycles. The Morgan fingerprint density at radius 1 is 1.04 bits per heavy atom. The molecule has 0 aromatic heterocycles. The molecule has 0 unspecified atom stereocenters. The lowest BCUT2D eigenvalue weighted by molar-refractivity contribution is 0.0697. The molecule has 0 saturated carbocycles. The van der Waals surface area contributed by atoms with Crippen LogP contribution in [0.15, 0.2) is 18.2 Å². The van der Waals surface area contributed by atoms with Crippen molar-refractivity contribution in [2.24, 2.45) is 5.92 Å². The Morgan fingerprint density at radius 3 is 2.33 bits per heavy atom. The highest BCUT2D eigenvalue weighted by molar-refractivity contribution is 5.96. The third-order valence-electron chi connectivity index (χ3n) is 5.18. The topological polar surface area (TPSA) is 52.7 Å². The van der Waals surface area contributed by atoms with Gasteiger partial charge in [-0.3, -0.25) is 4.79 Å². The molecule has 3 amide bonds. The number of nitrogens with zero attached hydrogens (tertiary/aromatic N) is 2. The molecule has 1 N–H and O–H groups in total. The van der Waals surface area contributed by atoms with Crippen LogP contribution in [-0.2, 0) is 0 Å². The average Bonchev–Trinajstić information content (AvgIpc) is 3.11. The maximum absolute atomic E-state index is 12.6. The molecule has 0 spiro atoms. The van der Waals surface area contributed by atoms with Crippen LogP contribution in [0.3, 0.4) is 0 Å². The smallest absolute Gasteiger partial charge is 0.321 e. The van der Waals surface area contributed by atoms with Crippen molar-refractivity contribution < 1.29 is 9.59 Å². The normalized spacial score (nSPS) is 18.8. The van der Waals surface area contributed by atoms with E-state index in [0.29, 0.717) is 11.5 Å². The number of carbonyl (C=O) groups excluding carboxylic acids is 2. The molecule has 24 heavy (non-hydrogen) atoms.